The Kier molecular flexibility index (Phi) is 4.87. The molecule has 0 atom stereocenters. The lowest BCUT2D eigenvalue weighted by molar-refractivity contribution is 0.519. The topological polar surface area (TPSA) is 85.3 Å². The second kappa shape index (κ2) is 6.93. The van der Waals surface area contributed by atoms with E-state index in [9.17, 15) is 8.42 Å². The fraction of sp³-hybridized carbons (Fsp3) is 0.235. The molecule has 132 valence electrons. The number of aromatic nitrogens is 1. The number of hydrogen-bond acceptors (Lipinski definition) is 6. The monoisotopic (exact) mass is 380 g/mol. The first-order valence-electron chi connectivity index (χ1n) is 7.67. The third-order valence-electron chi connectivity index (χ3n) is 3.38. The Balaban J connectivity index is 2.07. The molecule has 2 aromatic heterocycles. The van der Waals surface area contributed by atoms with Gasteiger partial charge >= 0.3 is 0 Å². The fourth-order valence-corrected chi connectivity index (χ4v) is 3.53. The largest absolute Gasteiger partial charge is 0.459 e. The summed E-state index contributed by atoms with van der Waals surface area (Å²) in [4.78, 5) is 4.24. The molecule has 0 fully saturated rings. The van der Waals surface area contributed by atoms with Crippen molar-refractivity contribution < 1.29 is 17.3 Å². The Morgan fingerprint density at radius 2 is 1.92 bits per heavy atom. The Morgan fingerprint density at radius 3 is 2.52 bits per heavy atom. The SMILES string of the molecule is CC(C)CNc1oc(-c2ccco2)nc1S(=O)(=O)c1ccc(Cl)cc1. The minimum atomic E-state index is -3.87. The van der Waals surface area contributed by atoms with Crippen LogP contribution in [0.15, 0.2) is 61.4 Å². The van der Waals surface area contributed by atoms with Gasteiger partial charge in [-0.2, -0.15) is 4.98 Å². The summed E-state index contributed by atoms with van der Waals surface area (Å²) in [5, 5.41) is 3.28. The zero-order chi connectivity index (χ0) is 18.0. The van der Waals surface area contributed by atoms with Crippen LogP contribution in [-0.4, -0.2) is 19.9 Å². The molecule has 3 aromatic rings. The molecule has 0 amide bonds. The van der Waals surface area contributed by atoms with Crippen molar-refractivity contribution in [2.75, 3.05) is 11.9 Å². The summed E-state index contributed by atoms with van der Waals surface area (Å²) in [5.41, 5.74) is 0. The minimum absolute atomic E-state index is 0.0868. The van der Waals surface area contributed by atoms with E-state index in [2.05, 4.69) is 10.3 Å². The number of halogens is 1. The molecule has 0 radical (unpaired) electrons. The third kappa shape index (κ3) is 3.72. The Morgan fingerprint density at radius 1 is 1.20 bits per heavy atom. The zero-order valence-corrected chi connectivity index (χ0v) is 15.3. The highest BCUT2D eigenvalue weighted by Crippen LogP contribution is 2.32. The van der Waals surface area contributed by atoms with E-state index in [4.69, 9.17) is 20.4 Å². The molecular formula is C17H17ClN2O4S. The lowest BCUT2D eigenvalue weighted by atomic mass is 10.2. The number of hydrogen-bond donors (Lipinski definition) is 1. The van der Waals surface area contributed by atoms with Crippen LogP contribution in [0.2, 0.25) is 5.02 Å². The van der Waals surface area contributed by atoms with Gasteiger partial charge in [-0.3, -0.25) is 0 Å². The van der Waals surface area contributed by atoms with Crippen molar-refractivity contribution >= 4 is 27.3 Å². The molecule has 1 N–H and O–H groups in total. The Hall–Kier alpha value is -2.25. The average Bonchev–Trinajstić information content (AvgIpc) is 3.23. The zero-order valence-electron chi connectivity index (χ0n) is 13.7. The number of furan rings is 1. The van der Waals surface area contributed by atoms with Crippen LogP contribution in [0.5, 0.6) is 0 Å². The lowest BCUT2D eigenvalue weighted by Gasteiger charge is -2.08. The summed E-state index contributed by atoms with van der Waals surface area (Å²) >= 11 is 5.84. The van der Waals surface area contributed by atoms with Crippen molar-refractivity contribution in [2.24, 2.45) is 5.92 Å². The summed E-state index contributed by atoms with van der Waals surface area (Å²) in [6.07, 6.45) is 1.47. The number of nitrogens with zero attached hydrogens (tertiary/aromatic N) is 1. The number of benzene rings is 1. The number of oxazole rings is 1. The molecule has 2 heterocycles. The number of nitrogens with one attached hydrogen (secondary N) is 1. The maximum Gasteiger partial charge on any atom is 0.266 e. The highest BCUT2D eigenvalue weighted by Gasteiger charge is 2.29. The van der Waals surface area contributed by atoms with Crippen LogP contribution >= 0.6 is 11.6 Å². The standard InChI is InChI=1S/C17H17ClN2O4S/c1-11(2)10-19-16-17(20-15(24-16)14-4-3-9-23-14)25(21,22)13-7-5-12(18)6-8-13/h3-9,11,19H,10H2,1-2H3. The number of sulfone groups is 1. The van der Waals surface area contributed by atoms with Crippen molar-refractivity contribution in [3.8, 4) is 11.7 Å². The summed E-state index contributed by atoms with van der Waals surface area (Å²) in [6.45, 7) is 4.55. The van der Waals surface area contributed by atoms with Crippen LogP contribution in [0, 0.1) is 5.92 Å². The van der Waals surface area contributed by atoms with Crippen molar-refractivity contribution in [1.82, 2.24) is 4.98 Å². The summed E-state index contributed by atoms with van der Waals surface area (Å²) < 4.78 is 36.8. The second-order valence-electron chi connectivity index (χ2n) is 5.86. The first-order chi connectivity index (χ1) is 11.9. The lowest BCUT2D eigenvalue weighted by Crippen LogP contribution is -2.11. The van der Waals surface area contributed by atoms with Gasteiger partial charge in [-0.05, 0) is 42.3 Å². The van der Waals surface area contributed by atoms with Gasteiger partial charge in [0, 0.05) is 11.6 Å². The molecule has 0 saturated heterocycles. The molecule has 0 aliphatic carbocycles. The predicted octanol–water partition coefficient (Wildman–Crippen LogP) is 4.49. The van der Waals surface area contributed by atoms with Gasteiger partial charge in [0.1, 0.15) is 0 Å². The van der Waals surface area contributed by atoms with Gasteiger partial charge in [0.05, 0.1) is 11.2 Å². The summed E-state index contributed by atoms with van der Waals surface area (Å²) in [6, 6.07) is 9.23. The first kappa shape index (κ1) is 17.6. The molecule has 8 heteroatoms. The first-order valence-corrected chi connectivity index (χ1v) is 9.53. The molecule has 25 heavy (non-hydrogen) atoms. The molecule has 3 rings (SSSR count). The summed E-state index contributed by atoms with van der Waals surface area (Å²) in [7, 11) is -3.87. The molecule has 0 bridgehead atoms. The van der Waals surface area contributed by atoms with E-state index in [1.807, 2.05) is 13.8 Å². The van der Waals surface area contributed by atoms with Gasteiger partial charge in [-0.15, -0.1) is 0 Å². The van der Waals surface area contributed by atoms with Gasteiger partial charge in [0.25, 0.3) is 5.89 Å². The van der Waals surface area contributed by atoms with Gasteiger partial charge in [0.2, 0.25) is 20.7 Å². The molecule has 0 saturated carbocycles. The van der Waals surface area contributed by atoms with Crippen LogP contribution in [0.4, 0.5) is 5.88 Å². The molecule has 0 aliphatic rings. The summed E-state index contributed by atoms with van der Waals surface area (Å²) in [5.74, 6) is 0.840. The second-order valence-corrected chi connectivity index (χ2v) is 8.16. The van der Waals surface area contributed by atoms with Crippen LogP contribution in [0.25, 0.3) is 11.7 Å². The molecular weight excluding hydrogens is 364 g/mol. The molecule has 0 unspecified atom stereocenters. The van der Waals surface area contributed by atoms with E-state index in [1.54, 1.807) is 12.1 Å². The van der Waals surface area contributed by atoms with E-state index in [-0.39, 0.29) is 21.7 Å². The normalized spacial score (nSPS) is 11.8. The average molecular weight is 381 g/mol. The predicted molar refractivity (Wildman–Crippen MR) is 94.4 cm³/mol. The number of rotatable bonds is 6. The van der Waals surface area contributed by atoms with E-state index in [1.165, 1.54) is 30.5 Å². The van der Waals surface area contributed by atoms with Crippen LogP contribution in [-0.2, 0) is 9.84 Å². The van der Waals surface area contributed by atoms with Crippen molar-refractivity contribution in [2.45, 2.75) is 23.8 Å². The Labute approximate surface area is 150 Å². The van der Waals surface area contributed by atoms with E-state index in [0.717, 1.165) is 0 Å². The fourth-order valence-electron chi connectivity index (χ4n) is 2.13. The smallest absolute Gasteiger partial charge is 0.266 e. The van der Waals surface area contributed by atoms with E-state index in [0.29, 0.717) is 23.2 Å². The maximum atomic E-state index is 13.0. The number of anilines is 1. The van der Waals surface area contributed by atoms with Crippen molar-refractivity contribution in [3.63, 3.8) is 0 Å². The van der Waals surface area contributed by atoms with E-state index < -0.39 is 9.84 Å². The molecule has 0 aliphatic heterocycles. The molecule has 0 spiro atoms. The quantitative estimate of drug-likeness (QED) is 0.678. The maximum absolute atomic E-state index is 13.0. The molecule has 1 aromatic carbocycles. The van der Waals surface area contributed by atoms with Crippen LogP contribution in [0.3, 0.4) is 0 Å². The van der Waals surface area contributed by atoms with Crippen molar-refractivity contribution in [1.29, 1.82) is 0 Å². The van der Waals surface area contributed by atoms with Crippen LogP contribution in [0.1, 0.15) is 13.8 Å². The van der Waals surface area contributed by atoms with Gasteiger partial charge in [-0.25, -0.2) is 8.42 Å². The highest BCUT2D eigenvalue weighted by atomic mass is 35.5. The van der Waals surface area contributed by atoms with Crippen molar-refractivity contribution in [3.05, 3.63) is 47.7 Å². The third-order valence-corrected chi connectivity index (χ3v) is 5.31. The van der Waals surface area contributed by atoms with Crippen LogP contribution < -0.4 is 5.32 Å². The highest BCUT2D eigenvalue weighted by molar-refractivity contribution is 7.91. The Bertz CT molecular complexity index is 945. The van der Waals surface area contributed by atoms with E-state index >= 15 is 0 Å². The molecule has 6 nitrogen and oxygen atoms in total. The minimum Gasteiger partial charge on any atom is -0.459 e. The van der Waals surface area contributed by atoms with Gasteiger partial charge < -0.3 is 14.2 Å². The van der Waals surface area contributed by atoms with Gasteiger partial charge in [0.15, 0.2) is 5.76 Å². The van der Waals surface area contributed by atoms with Gasteiger partial charge in [-0.1, -0.05) is 25.4 Å².